The molecule has 0 aromatic heterocycles. The second-order valence-corrected chi connectivity index (χ2v) is 0.925. The summed E-state index contributed by atoms with van der Waals surface area (Å²) in [5.74, 6) is -0.211. The fourth-order valence-corrected chi connectivity index (χ4v) is 0.203. The van der Waals surface area contributed by atoms with E-state index < -0.39 is 0 Å². The maximum atomic E-state index is 9.82. The third-order valence-corrected chi connectivity index (χ3v) is 0.348. The van der Waals surface area contributed by atoms with Crippen LogP contribution >= 0.6 is 0 Å². The molecule has 0 aliphatic rings. The summed E-state index contributed by atoms with van der Waals surface area (Å²) in [5.41, 5.74) is 0. The second-order valence-electron chi connectivity index (χ2n) is 0.925. The lowest BCUT2D eigenvalue weighted by atomic mass is 10.8. The highest BCUT2D eigenvalue weighted by atomic mass is 24.3. The van der Waals surface area contributed by atoms with Crippen molar-refractivity contribution in [3.8, 4) is 0 Å². The summed E-state index contributed by atoms with van der Waals surface area (Å²) in [7, 11) is 0. The van der Waals surface area contributed by atoms with Crippen LogP contribution in [0.25, 0.3) is 0 Å². The molecule has 2 radical (unpaired) electrons. The zero-order chi connectivity index (χ0) is 4.99. The Balaban J connectivity index is 0. The Morgan fingerprint density at radius 3 is 2.14 bits per heavy atom. The first-order valence-electron chi connectivity index (χ1n) is 1.90. The predicted molar refractivity (Wildman–Crippen MR) is 28.1 cm³/mol. The minimum atomic E-state index is -0.211. The Morgan fingerprint density at radius 1 is 1.71 bits per heavy atom. The monoisotopic (exact) mass is 112 g/mol. The fraction of sp³-hybridized carbons (Fsp3) is 0.750. The molecule has 0 rings (SSSR count). The van der Waals surface area contributed by atoms with Crippen LogP contribution in [0.2, 0.25) is 0 Å². The molecule has 0 unspecified atom stereocenters. The first kappa shape index (κ1) is 10.3. The van der Waals surface area contributed by atoms with Crippen molar-refractivity contribution in [1.29, 1.82) is 0 Å². The van der Waals surface area contributed by atoms with Crippen LogP contribution in [0.5, 0.6) is 0 Å². The number of hydrogen-bond donors (Lipinski definition) is 0. The third-order valence-electron chi connectivity index (χ3n) is 0.348. The van der Waals surface area contributed by atoms with Gasteiger partial charge in [0.2, 0.25) is 0 Å². The van der Waals surface area contributed by atoms with Crippen molar-refractivity contribution < 1.29 is 9.53 Å². The van der Waals surface area contributed by atoms with E-state index in [-0.39, 0.29) is 29.0 Å². The van der Waals surface area contributed by atoms with Crippen molar-refractivity contribution in [1.82, 2.24) is 0 Å². The number of rotatable bonds is 1. The number of carbonyl (C=O) groups is 1. The fourth-order valence-electron chi connectivity index (χ4n) is 0.203. The van der Waals surface area contributed by atoms with Gasteiger partial charge in [0.1, 0.15) is 0 Å². The van der Waals surface area contributed by atoms with Gasteiger partial charge in [0.05, 0.1) is 6.61 Å². The van der Waals surface area contributed by atoms with Crippen LogP contribution in [-0.2, 0) is 9.53 Å². The summed E-state index contributed by atoms with van der Waals surface area (Å²) in [6.45, 7) is 3.65. The van der Waals surface area contributed by atoms with Gasteiger partial charge < -0.3 is 4.74 Å². The Labute approximate surface area is 59.4 Å². The van der Waals surface area contributed by atoms with Gasteiger partial charge >= 0.3 is 5.97 Å². The van der Waals surface area contributed by atoms with Crippen LogP contribution in [0, 0.1) is 0 Å². The summed E-state index contributed by atoms with van der Waals surface area (Å²) in [6, 6.07) is 0. The molecular formula is C4H8MgO2. The van der Waals surface area contributed by atoms with E-state index in [9.17, 15) is 4.79 Å². The van der Waals surface area contributed by atoms with Crippen molar-refractivity contribution in [3.63, 3.8) is 0 Å². The number of esters is 1. The molecule has 0 aliphatic heterocycles. The van der Waals surface area contributed by atoms with E-state index in [4.69, 9.17) is 0 Å². The van der Waals surface area contributed by atoms with Crippen molar-refractivity contribution in [2.75, 3.05) is 6.61 Å². The molecule has 0 fully saturated rings. The molecule has 0 N–H and O–H groups in total. The third kappa shape index (κ3) is 10.7. The van der Waals surface area contributed by atoms with Gasteiger partial charge in [0.25, 0.3) is 0 Å². The van der Waals surface area contributed by atoms with Crippen LogP contribution < -0.4 is 0 Å². The lowest BCUT2D eigenvalue weighted by Gasteiger charge is -1.89. The van der Waals surface area contributed by atoms with E-state index in [0.29, 0.717) is 6.61 Å². The molecule has 2 nitrogen and oxygen atoms in total. The highest BCUT2D eigenvalue weighted by Crippen LogP contribution is 1.69. The SMILES string of the molecule is CCOC(C)=O.[Mg]. The van der Waals surface area contributed by atoms with Crippen LogP contribution in [0.3, 0.4) is 0 Å². The molecule has 0 atom stereocenters. The first-order valence-corrected chi connectivity index (χ1v) is 1.90. The highest BCUT2D eigenvalue weighted by molar-refractivity contribution is 5.75. The summed E-state index contributed by atoms with van der Waals surface area (Å²) in [4.78, 5) is 9.82. The Bertz CT molecular complexity index is 53.7. The molecule has 0 bridgehead atoms. The minimum Gasteiger partial charge on any atom is -0.466 e. The maximum absolute atomic E-state index is 9.82. The summed E-state index contributed by atoms with van der Waals surface area (Å²) in [6.07, 6.45) is 0. The van der Waals surface area contributed by atoms with Gasteiger partial charge in [0, 0.05) is 30.0 Å². The molecule has 7 heavy (non-hydrogen) atoms. The molecule has 0 aromatic carbocycles. The summed E-state index contributed by atoms with van der Waals surface area (Å²) < 4.78 is 4.40. The van der Waals surface area contributed by atoms with E-state index in [1.54, 1.807) is 6.92 Å². The molecule has 0 amide bonds. The van der Waals surface area contributed by atoms with Gasteiger partial charge in [0.15, 0.2) is 0 Å². The zero-order valence-corrected chi connectivity index (χ0v) is 6.14. The molecule has 38 valence electrons. The molecule has 0 spiro atoms. The van der Waals surface area contributed by atoms with E-state index in [1.165, 1.54) is 6.92 Å². The van der Waals surface area contributed by atoms with Gasteiger partial charge in [-0.05, 0) is 6.92 Å². The molecule has 0 saturated carbocycles. The Morgan fingerprint density at radius 2 is 2.14 bits per heavy atom. The van der Waals surface area contributed by atoms with Crippen molar-refractivity contribution in [2.45, 2.75) is 13.8 Å². The van der Waals surface area contributed by atoms with Gasteiger partial charge in [-0.2, -0.15) is 0 Å². The van der Waals surface area contributed by atoms with E-state index >= 15 is 0 Å². The quantitative estimate of drug-likeness (QED) is 0.358. The molecule has 0 aliphatic carbocycles. The van der Waals surface area contributed by atoms with Gasteiger partial charge in [-0.25, -0.2) is 0 Å². The molecular weight excluding hydrogens is 104 g/mol. The van der Waals surface area contributed by atoms with E-state index in [0.717, 1.165) is 0 Å². The number of ether oxygens (including phenoxy) is 1. The Kier molecular flexibility index (Phi) is 9.14. The van der Waals surface area contributed by atoms with Gasteiger partial charge in [-0.3, -0.25) is 4.79 Å². The average molecular weight is 112 g/mol. The van der Waals surface area contributed by atoms with E-state index in [2.05, 4.69) is 4.74 Å². The van der Waals surface area contributed by atoms with Crippen LogP contribution in [0.1, 0.15) is 13.8 Å². The minimum absolute atomic E-state index is 0. The predicted octanol–water partition coefficient (Wildman–Crippen LogP) is 0.189. The lowest BCUT2D eigenvalue weighted by Crippen LogP contribution is -1.95. The van der Waals surface area contributed by atoms with Crippen molar-refractivity contribution in [2.24, 2.45) is 0 Å². The van der Waals surface area contributed by atoms with Crippen LogP contribution in [0.15, 0.2) is 0 Å². The normalized spacial score (nSPS) is 6.57. The second kappa shape index (κ2) is 6.24. The number of hydrogen-bond acceptors (Lipinski definition) is 2. The Hall–Kier alpha value is 0.236. The average Bonchev–Trinajstić information content (AvgIpc) is 1.35. The molecule has 0 saturated heterocycles. The lowest BCUT2D eigenvalue weighted by molar-refractivity contribution is -0.140. The van der Waals surface area contributed by atoms with E-state index in [1.807, 2.05) is 0 Å². The van der Waals surface area contributed by atoms with Crippen molar-refractivity contribution in [3.05, 3.63) is 0 Å². The van der Waals surface area contributed by atoms with Crippen LogP contribution in [-0.4, -0.2) is 35.6 Å². The standard InChI is InChI=1S/C4H8O2.Mg/c1-3-6-4(2)5;/h3H2,1-2H3;. The maximum Gasteiger partial charge on any atom is 0.302 e. The van der Waals surface area contributed by atoms with Gasteiger partial charge in [-0.15, -0.1) is 0 Å². The highest BCUT2D eigenvalue weighted by Gasteiger charge is 1.81. The summed E-state index contributed by atoms with van der Waals surface area (Å²) in [5, 5.41) is 0. The van der Waals surface area contributed by atoms with Crippen molar-refractivity contribution >= 4 is 29.0 Å². The smallest absolute Gasteiger partial charge is 0.302 e. The molecule has 0 heterocycles. The van der Waals surface area contributed by atoms with Crippen LogP contribution in [0.4, 0.5) is 0 Å². The largest absolute Gasteiger partial charge is 0.466 e. The number of carbonyl (C=O) groups excluding carboxylic acids is 1. The first-order chi connectivity index (χ1) is 2.77. The molecule has 0 aromatic rings. The topological polar surface area (TPSA) is 26.3 Å². The van der Waals surface area contributed by atoms with Gasteiger partial charge in [-0.1, -0.05) is 0 Å². The summed E-state index contributed by atoms with van der Waals surface area (Å²) >= 11 is 0. The zero-order valence-electron chi connectivity index (χ0n) is 4.73. The molecule has 3 heteroatoms.